The SMILES string of the molecule is Br.NC(Cc1ccc([N+](=O)[O-])cc1)c1nc(-c2cccs2)cs1. The molecule has 3 aromatic rings. The molecule has 2 aromatic heterocycles. The van der Waals surface area contributed by atoms with Crippen LogP contribution >= 0.6 is 39.7 Å². The van der Waals surface area contributed by atoms with Gasteiger partial charge >= 0.3 is 0 Å². The average Bonchev–Trinajstić information content (AvgIpc) is 3.19. The molecule has 0 spiro atoms. The molecule has 0 aliphatic heterocycles. The van der Waals surface area contributed by atoms with Crippen molar-refractivity contribution in [2.45, 2.75) is 12.5 Å². The van der Waals surface area contributed by atoms with Gasteiger partial charge in [0.05, 0.1) is 21.5 Å². The number of nitrogens with two attached hydrogens (primary N) is 1. The first-order valence-corrected chi connectivity index (χ1v) is 8.37. The molecule has 0 bridgehead atoms. The lowest BCUT2D eigenvalue weighted by Gasteiger charge is -2.08. The number of thiophene rings is 1. The summed E-state index contributed by atoms with van der Waals surface area (Å²) in [4.78, 5) is 16.0. The quantitative estimate of drug-likeness (QED) is 0.491. The highest BCUT2D eigenvalue weighted by Gasteiger charge is 2.14. The molecule has 2 heterocycles. The second kappa shape index (κ2) is 7.78. The van der Waals surface area contributed by atoms with Gasteiger partial charge < -0.3 is 5.73 Å². The number of hydrogen-bond donors (Lipinski definition) is 1. The maximum atomic E-state index is 10.6. The minimum Gasteiger partial charge on any atom is -0.322 e. The Morgan fingerprint density at radius 2 is 1.96 bits per heavy atom. The third kappa shape index (κ3) is 4.23. The lowest BCUT2D eigenvalue weighted by molar-refractivity contribution is -0.384. The van der Waals surface area contributed by atoms with Crippen molar-refractivity contribution in [2.24, 2.45) is 5.73 Å². The van der Waals surface area contributed by atoms with Gasteiger partial charge in [-0.05, 0) is 23.4 Å². The number of thiazole rings is 1. The summed E-state index contributed by atoms with van der Waals surface area (Å²) >= 11 is 3.19. The number of benzene rings is 1. The Kier molecular flexibility index (Phi) is 6.00. The van der Waals surface area contributed by atoms with E-state index in [1.165, 1.54) is 12.1 Å². The van der Waals surface area contributed by atoms with E-state index in [4.69, 9.17) is 5.73 Å². The first-order chi connectivity index (χ1) is 10.6. The van der Waals surface area contributed by atoms with Crippen molar-refractivity contribution in [3.05, 3.63) is 67.8 Å². The maximum Gasteiger partial charge on any atom is 0.269 e. The van der Waals surface area contributed by atoms with Crippen LogP contribution in [0.15, 0.2) is 47.2 Å². The first-order valence-electron chi connectivity index (χ1n) is 6.61. The maximum absolute atomic E-state index is 10.6. The van der Waals surface area contributed by atoms with E-state index in [0.29, 0.717) is 6.42 Å². The van der Waals surface area contributed by atoms with Crippen molar-refractivity contribution in [1.29, 1.82) is 0 Å². The van der Waals surface area contributed by atoms with Gasteiger partial charge in [-0.2, -0.15) is 0 Å². The Bertz CT molecular complexity index is 772. The number of nitro groups is 1. The smallest absolute Gasteiger partial charge is 0.269 e. The summed E-state index contributed by atoms with van der Waals surface area (Å²) in [6, 6.07) is 10.3. The Labute approximate surface area is 151 Å². The lowest BCUT2D eigenvalue weighted by atomic mass is 10.1. The summed E-state index contributed by atoms with van der Waals surface area (Å²) < 4.78 is 0. The Morgan fingerprint density at radius 3 is 2.57 bits per heavy atom. The summed E-state index contributed by atoms with van der Waals surface area (Å²) in [7, 11) is 0. The van der Waals surface area contributed by atoms with Crippen molar-refractivity contribution >= 4 is 45.3 Å². The molecule has 5 nitrogen and oxygen atoms in total. The second-order valence-electron chi connectivity index (χ2n) is 4.78. The van der Waals surface area contributed by atoms with Crippen molar-refractivity contribution in [1.82, 2.24) is 4.98 Å². The van der Waals surface area contributed by atoms with E-state index < -0.39 is 4.92 Å². The van der Waals surface area contributed by atoms with Crippen LogP contribution < -0.4 is 5.73 Å². The minimum atomic E-state index is -0.405. The van der Waals surface area contributed by atoms with Crippen LogP contribution in [0.5, 0.6) is 0 Å². The largest absolute Gasteiger partial charge is 0.322 e. The zero-order chi connectivity index (χ0) is 15.5. The molecule has 0 aliphatic rings. The fourth-order valence-corrected chi connectivity index (χ4v) is 3.67. The third-order valence-electron chi connectivity index (χ3n) is 3.22. The van der Waals surface area contributed by atoms with Gasteiger partial charge in [0, 0.05) is 17.5 Å². The number of nitro benzene ring substituents is 1. The molecular formula is C15H14BrN3O2S2. The predicted octanol–water partition coefficient (Wildman–Crippen LogP) is 4.60. The fourth-order valence-electron chi connectivity index (χ4n) is 2.09. The lowest BCUT2D eigenvalue weighted by Crippen LogP contribution is -2.13. The molecule has 1 aromatic carbocycles. The molecular weight excluding hydrogens is 398 g/mol. The molecule has 1 atom stereocenters. The van der Waals surface area contributed by atoms with Gasteiger partial charge in [-0.25, -0.2) is 4.98 Å². The van der Waals surface area contributed by atoms with Gasteiger partial charge in [0.2, 0.25) is 0 Å². The van der Waals surface area contributed by atoms with Crippen LogP contribution in [0.1, 0.15) is 16.6 Å². The summed E-state index contributed by atoms with van der Waals surface area (Å²) in [5.74, 6) is 0. The number of nitrogens with zero attached hydrogens (tertiary/aromatic N) is 2. The number of rotatable bonds is 5. The molecule has 0 radical (unpaired) electrons. The van der Waals surface area contributed by atoms with E-state index in [1.54, 1.807) is 34.8 Å². The van der Waals surface area contributed by atoms with Crippen LogP contribution in [0, 0.1) is 10.1 Å². The molecule has 120 valence electrons. The molecule has 8 heteroatoms. The van der Waals surface area contributed by atoms with Crippen molar-refractivity contribution in [3.63, 3.8) is 0 Å². The summed E-state index contributed by atoms with van der Waals surface area (Å²) in [5.41, 5.74) is 8.22. The minimum absolute atomic E-state index is 0. The molecule has 0 fully saturated rings. The number of non-ortho nitro benzene ring substituents is 1. The molecule has 0 aliphatic carbocycles. The van der Waals surface area contributed by atoms with Gasteiger partial charge in [0.25, 0.3) is 5.69 Å². The molecule has 23 heavy (non-hydrogen) atoms. The van der Waals surface area contributed by atoms with Crippen LogP contribution in [0.3, 0.4) is 0 Å². The van der Waals surface area contributed by atoms with Crippen LogP contribution in [-0.4, -0.2) is 9.91 Å². The molecule has 0 amide bonds. The summed E-state index contributed by atoms with van der Waals surface area (Å²) in [5, 5.41) is 15.6. The van der Waals surface area contributed by atoms with Crippen LogP contribution in [0.2, 0.25) is 0 Å². The van der Waals surface area contributed by atoms with E-state index in [1.807, 2.05) is 22.9 Å². The van der Waals surface area contributed by atoms with Gasteiger partial charge in [0.1, 0.15) is 5.01 Å². The number of halogens is 1. The normalized spacial score (nSPS) is 11.7. The highest BCUT2D eigenvalue weighted by molar-refractivity contribution is 8.93. The van der Waals surface area contributed by atoms with E-state index in [2.05, 4.69) is 4.98 Å². The molecule has 0 saturated heterocycles. The standard InChI is InChI=1S/C15H13N3O2S2.BrH/c16-12(8-10-3-5-11(6-4-10)18(19)20)15-17-13(9-22-15)14-2-1-7-21-14;/h1-7,9,12H,8,16H2;1H. The number of hydrogen-bond acceptors (Lipinski definition) is 6. The molecule has 2 N–H and O–H groups in total. The van der Waals surface area contributed by atoms with Gasteiger partial charge in [-0.15, -0.1) is 39.7 Å². The van der Waals surface area contributed by atoms with Gasteiger partial charge in [0.15, 0.2) is 0 Å². The second-order valence-corrected chi connectivity index (χ2v) is 6.62. The monoisotopic (exact) mass is 411 g/mol. The molecule has 3 rings (SSSR count). The van der Waals surface area contributed by atoms with Crippen LogP contribution in [0.25, 0.3) is 10.6 Å². The van der Waals surface area contributed by atoms with Gasteiger partial charge in [-0.1, -0.05) is 18.2 Å². The zero-order valence-electron chi connectivity index (χ0n) is 11.9. The fraction of sp³-hybridized carbons (Fsp3) is 0.133. The van der Waals surface area contributed by atoms with Crippen LogP contribution in [0.4, 0.5) is 5.69 Å². The third-order valence-corrected chi connectivity index (χ3v) is 5.08. The van der Waals surface area contributed by atoms with E-state index in [9.17, 15) is 10.1 Å². The highest BCUT2D eigenvalue weighted by Crippen LogP contribution is 2.29. The zero-order valence-corrected chi connectivity index (χ0v) is 15.3. The average molecular weight is 412 g/mol. The molecule has 0 saturated carbocycles. The topological polar surface area (TPSA) is 82.0 Å². The first kappa shape index (κ1) is 17.7. The highest BCUT2D eigenvalue weighted by atomic mass is 79.9. The van der Waals surface area contributed by atoms with Crippen molar-refractivity contribution < 1.29 is 4.92 Å². The Morgan fingerprint density at radius 1 is 1.22 bits per heavy atom. The molecule has 1 unspecified atom stereocenters. The van der Waals surface area contributed by atoms with Gasteiger partial charge in [-0.3, -0.25) is 10.1 Å². The summed E-state index contributed by atoms with van der Waals surface area (Å²) in [6.07, 6.45) is 0.607. The summed E-state index contributed by atoms with van der Waals surface area (Å²) in [6.45, 7) is 0. The van der Waals surface area contributed by atoms with E-state index in [0.717, 1.165) is 21.1 Å². The Balaban J connectivity index is 0.00000192. The van der Waals surface area contributed by atoms with E-state index >= 15 is 0 Å². The Hall–Kier alpha value is -1.61. The van der Waals surface area contributed by atoms with E-state index in [-0.39, 0.29) is 28.7 Å². The number of aromatic nitrogens is 1. The predicted molar refractivity (Wildman–Crippen MR) is 99.5 cm³/mol. The van der Waals surface area contributed by atoms with Crippen molar-refractivity contribution in [2.75, 3.05) is 0 Å². The van der Waals surface area contributed by atoms with Crippen molar-refractivity contribution in [3.8, 4) is 10.6 Å². The van der Waals surface area contributed by atoms with Crippen LogP contribution in [-0.2, 0) is 6.42 Å².